The van der Waals surface area contributed by atoms with Gasteiger partial charge >= 0.3 is 0 Å². The molecule has 3 heterocycles. The summed E-state index contributed by atoms with van der Waals surface area (Å²) in [5, 5.41) is 9.77. The predicted molar refractivity (Wildman–Crippen MR) is 94.8 cm³/mol. The van der Waals surface area contributed by atoms with Crippen LogP contribution in [0.25, 0.3) is 11.4 Å². The lowest BCUT2D eigenvalue weighted by atomic mass is 10.2. The second kappa shape index (κ2) is 7.65. The Kier molecular flexibility index (Phi) is 5.13. The van der Waals surface area contributed by atoms with Crippen molar-refractivity contribution in [2.75, 3.05) is 45.3 Å². The number of rotatable bonds is 5. The summed E-state index contributed by atoms with van der Waals surface area (Å²) >= 11 is 1.78. The Labute approximate surface area is 146 Å². The van der Waals surface area contributed by atoms with Gasteiger partial charge in [0.15, 0.2) is 11.0 Å². The summed E-state index contributed by atoms with van der Waals surface area (Å²) in [6.07, 6.45) is 1.19. The summed E-state index contributed by atoms with van der Waals surface area (Å²) in [5.41, 5.74) is 1.13. The first-order valence-corrected chi connectivity index (χ1v) is 9.52. The van der Waals surface area contributed by atoms with Crippen LogP contribution in [0.2, 0.25) is 0 Å². The minimum absolute atomic E-state index is 0.878. The van der Waals surface area contributed by atoms with Gasteiger partial charge in [-0.2, -0.15) is 0 Å². The van der Waals surface area contributed by atoms with Gasteiger partial charge in [-0.15, -0.1) is 10.2 Å². The first-order valence-electron chi connectivity index (χ1n) is 8.54. The van der Waals surface area contributed by atoms with E-state index in [4.69, 9.17) is 4.74 Å². The van der Waals surface area contributed by atoms with Crippen LogP contribution in [0.3, 0.4) is 0 Å². The average Bonchev–Trinajstić information content (AvgIpc) is 3.07. The summed E-state index contributed by atoms with van der Waals surface area (Å²) in [6, 6.07) is 10.3. The van der Waals surface area contributed by atoms with Crippen LogP contribution in [0, 0.1) is 0 Å². The molecule has 4 rings (SSSR count). The topological polar surface area (TPSA) is 46.4 Å². The monoisotopic (exact) mass is 345 g/mol. The fourth-order valence-electron chi connectivity index (χ4n) is 3.19. The molecule has 0 radical (unpaired) electrons. The fraction of sp³-hybridized carbons (Fsp3) is 0.529. The molecule has 6 nitrogen and oxygen atoms in total. The number of fused-ring (bicyclic) bond motifs is 1. The van der Waals surface area contributed by atoms with Crippen molar-refractivity contribution in [3.8, 4) is 11.4 Å². The van der Waals surface area contributed by atoms with Crippen molar-refractivity contribution in [3.63, 3.8) is 0 Å². The third kappa shape index (κ3) is 3.64. The molecule has 128 valence electrons. The van der Waals surface area contributed by atoms with E-state index in [-0.39, 0.29) is 0 Å². The smallest absolute Gasteiger partial charge is 0.193 e. The molecule has 1 aromatic heterocycles. The van der Waals surface area contributed by atoms with Crippen LogP contribution in [0.4, 0.5) is 0 Å². The minimum Gasteiger partial charge on any atom is -0.379 e. The number of hydrogen-bond acceptors (Lipinski definition) is 6. The van der Waals surface area contributed by atoms with E-state index in [0.29, 0.717) is 0 Å². The van der Waals surface area contributed by atoms with Gasteiger partial charge in [-0.3, -0.25) is 14.4 Å². The molecule has 0 spiro atoms. The molecular formula is C17H23N5OS. The molecular weight excluding hydrogens is 322 g/mol. The van der Waals surface area contributed by atoms with Crippen LogP contribution >= 0.6 is 11.8 Å². The van der Waals surface area contributed by atoms with Crippen LogP contribution in [-0.2, 0) is 11.4 Å². The van der Waals surface area contributed by atoms with Crippen LogP contribution in [-0.4, -0.2) is 69.8 Å². The van der Waals surface area contributed by atoms with Gasteiger partial charge in [0, 0.05) is 25.2 Å². The van der Waals surface area contributed by atoms with Gasteiger partial charge in [-0.25, -0.2) is 0 Å². The number of thioether (sulfide) groups is 1. The molecule has 2 aliphatic rings. The number of ether oxygens (including phenoxy) is 1. The highest BCUT2D eigenvalue weighted by atomic mass is 32.2. The van der Waals surface area contributed by atoms with Crippen molar-refractivity contribution in [1.29, 1.82) is 0 Å². The van der Waals surface area contributed by atoms with Gasteiger partial charge in [0.25, 0.3) is 0 Å². The molecule has 0 atom stereocenters. The lowest BCUT2D eigenvalue weighted by molar-refractivity contribution is 0.0359. The Morgan fingerprint density at radius 3 is 2.62 bits per heavy atom. The third-order valence-electron chi connectivity index (χ3n) is 4.52. The number of benzene rings is 1. The predicted octanol–water partition coefficient (Wildman–Crippen LogP) is 1.99. The summed E-state index contributed by atoms with van der Waals surface area (Å²) in [6.45, 7) is 7.04. The third-order valence-corrected chi connectivity index (χ3v) is 5.57. The van der Waals surface area contributed by atoms with Crippen LogP contribution < -0.4 is 0 Å². The van der Waals surface area contributed by atoms with Crippen molar-refractivity contribution in [2.24, 2.45) is 0 Å². The van der Waals surface area contributed by atoms with Crippen molar-refractivity contribution >= 4 is 11.8 Å². The molecule has 1 saturated heterocycles. The van der Waals surface area contributed by atoms with Crippen molar-refractivity contribution in [2.45, 2.75) is 18.2 Å². The van der Waals surface area contributed by atoms with Crippen molar-refractivity contribution < 1.29 is 4.74 Å². The van der Waals surface area contributed by atoms with E-state index in [1.54, 1.807) is 11.8 Å². The highest BCUT2D eigenvalue weighted by Gasteiger charge is 2.22. The van der Waals surface area contributed by atoms with Crippen LogP contribution in [0.5, 0.6) is 0 Å². The largest absolute Gasteiger partial charge is 0.379 e. The minimum atomic E-state index is 0.878. The molecule has 0 amide bonds. The van der Waals surface area contributed by atoms with E-state index in [1.807, 2.05) is 18.2 Å². The summed E-state index contributed by atoms with van der Waals surface area (Å²) in [4.78, 5) is 4.98. The summed E-state index contributed by atoms with van der Waals surface area (Å²) in [7, 11) is 0. The molecule has 0 aliphatic carbocycles. The maximum Gasteiger partial charge on any atom is 0.193 e. The van der Waals surface area contributed by atoms with Crippen LogP contribution in [0.15, 0.2) is 35.5 Å². The second-order valence-electron chi connectivity index (χ2n) is 6.22. The first-order chi connectivity index (χ1) is 11.9. The Bertz CT molecular complexity index is 656. The van der Waals surface area contributed by atoms with Crippen molar-refractivity contribution in [3.05, 3.63) is 30.3 Å². The van der Waals surface area contributed by atoms with E-state index in [1.165, 1.54) is 6.42 Å². The molecule has 0 saturated carbocycles. The quantitative estimate of drug-likeness (QED) is 0.826. The van der Waals surface area contributed by atoms with E-state index in [9.17, 15) is 0 Å². The lowest BCUT2D eigenvalue weighted by Crippen LogP contribution is -2.38. The van der Waals surface area contributed by atoms with E-state index in [2.05, 4.69) is 36.7 Å². The Morgan fingerprint density at radius 2 is 1.79 bits per heavy atom. The second-order valence-corrected chi connectivity index (χ2v) is 7.13. The highest BCUT2D eigenvalue weighted by Crippen LogP contribution is 2.28. The van der Waals surface area contributed by atoms with Crippen LogP contribution in [0.1, 0.15) is 6.42 Å². The number of hydrogen-bond donors (Lipinski definition) is 0. The van der Waals surface area contributed by atoms with Gasteiger partial charge in [-0.1, -0.05) is 42.1 Å². The number of aromatic nitrogens is 3. The maximum atomic E-state index is 5.41. The van der Waals surface area contributed by atoms with Gasteiger partial charge in [-0.05, 0) is 13.0 Å². The van der Waals surface area contributed by atoms with E-state index < -0.39 is 0 Å². The molecule has 1 fully saturated rings. The van der Waals surface area contributed by atoms with Gasteiger partial charge in [0.1, 0.15) is 0 Å². The fourth-order valence-corrected chi connectivity index (χ4v) is 4.10. The number of nitrogens with zero attached hydrogens (tertiary/aromatic N) is 5. The van der Waals surface area contributed by atoms with Gasteiger partial charge in [0.2, 0.25) is 0 Å². The normalized spacial score (nSPS) is 19.3. The molecule has 24 heavy (non-hydrogen) atoms. The molecule has 1 aromatic carbocycles. The summed E-state index contributed by atoms with van der Waals surface area (Å²) in [5.74, 6) is 1.96. The zero-order valence-corrected chi connectivity index (χ0v) is 14.6. The Balaban J connectivity index is 1.36. The molecule has 2 aliphatic heterocycles. The number of morpholine rings is 1. The standard InChI is InChI=1S/C17H23N5OS/c1-2-5-15(6-3-1)16-18-19-17-22(16)13-21(14-24-17)8-4-7-20-9-11-23-12-10-20/h1-3,5-6H,4,7-14H2. The lowest BCUT2D eigenvalue weighted by Gasteiger charge is -2.30. The molecule has 2 aromatic rings. The average molecular weight is 345 g/mol. The van der Waals surface area contributed by atoms with Gasteiger partial charge in [0.05, 0.1) is 25.8 Å². The molecule has 7 heteroatoms. The zero-order chi connectivity index (χ0) is 16.2. The van der Waals surface area contributed by atoms with E-state index in [0.717, 1.165) is 68.5 Å². The highest BCUT2D eigenvalue weighted by molar-refractivity contribution is 7.99. The molecule has 0 N–H and O–H groups in total. The Morgan fingerprint density at radius 1 is 1.00 bits per heavy atom. The molecule has 0 unspecified atom stereocenters. The molecule has 0 bridgehead atoms. The van der Waals surface area contributed by atoms with Gasteiger partial charge < -0.3 is 4.74 Å². The Hall–Kier alpha value is -1.41. The van der Waals surface area contributed by atoms with E-state index >= 15 is 0 Å². The van der Waals surface area contributed by atoms with Crippen molar-refractivity contribution in [1.82, 2.24) is 24.6 Å². The summed E-state index contributed by atoms with van der Waals surface area (Å²) < 4.78 is 7.64. The first kappa shape index (κ1) is 16.1. The maximum absolute atomic E-state index is 5.41. The SMILES string of the molecule is c1ccc(-c2nnc3n2CN(CCCN2CCOCC2)CS3)cc1. The zero-order valence-electron chi connectivity index (χ0n) is 13.8.